The minimum Gasteiger partial charge on any atom is -0.504 e. The molecule has 166 valence electrons. The van der Waals surface area contributed by atoms with E-state index in [2.05, 4.69) is 4.98 Å². The van der Waals surface area contributed by atoms with Crippen molar-refractivity contribution in [2.45, 2.75) is 13.5 Å². The number of rotatable bonds is 7. The lowest BCUT2D eigenvalue weighted by atomic mass is 10.1. The number of phenolic OH excluding ortho intramolecular Hbond substituents is 1. The van der Waals surface area contributed by atoms with Crippen LogP contribution in [0.25, 0.3) is 10.9 Å². The quantitative estimate of drug-likeness (QED) is 0.233. The molecule has 0 saturated heterocycles. The Morgan fingerprint density at radius 3 is 2.45 bits per heavy atom. The Morgan fingerprint density at radius 1 is 1.06 bits per heavy atom. The summed E-state index contributed by atoms with van der Waals surface area (Å²) >= 11 is 0. The molecule has 1 N–H and O–H groups in total. The number of fused-ring (bicyclic) bond motifs is 1. The van der Waals surface area contributed by atoms with Crippen LogP contribution in [0.3, 0.4) is 0 Å². The zero-order valence-corrected chi connectivity index (χ0v) is 17.8. The van der Waals surface area contributed by atoms with Crippen LogP contribution in [0.5, 0.6) is 5.75 Å². The highest BCUT2D eigenvalue weighted by Gasteiger charge is 2.18. The lowest BCUT2D eigenvalue weighted by Crippen LogP contribution is -2.17. The maximum atomic E-state index is 12.0. The number of aromatic hydroxyl groups is 1. The second-order valence-corrected chi connectivity index (χ2v) is 7.29. The lowest BCUT2D eigenvalue weighted by Gasteiger charge is -2.26. The second-order valence-electron chi connectivity index (χ2n) is 7.29. The lowest BCUT2D eigenvalue weighted by molar-refractivity contribution is -0.384. The van der Waals surface area contributed by atoms with Gasteiger partial charge in [-0.3, -0.25) is 15.1 Å². The van der Waals surface area contributed by atoms with E-state index >= 15 is 0 Å². The molecular weight excluding hydrogens is 422 g/mol. The van der Waals surface area contributed by atoms with Crippen molar-refractivity contribution in [1.82, 2.24) is 4.98 Å². The minimum absolute atomic E-state index is 0.00171. The van der Waals surface area contributed by atoms with E-state index in [0.29, 0.717) is 29.0 Å². The van der Waals surface area contributed by atoms with Gasteiger partial charge in [0.15, 0.2) is 5.75 Å². The molecule has 0 aliphatic rings. The van der Waals surface area contributed by atoms with E-state index in [1.54, 1.807) is 61.7 Å². The molecule has 0 aliphatic carbocycles. The van der Waals surface area contributed by atoms with Crippen molar-refractivity contribution in [3.05, 3.63) is 100 Å². The van der Waals surface area contributed by atoms with Gasteiger partial charge >= 0.3 is 5.97 Å². The number of ether oxygens (including phenoxy) is 1. The Balaban J connectivity index is 1.76. The molecule has 4 rings (SSSR count). The van der Waals surface area contributed by atoms with Gasteiger partial charge < -0.3 is 14.7 Å². The third kappa shape index (κ3) is 4.59. The smallest absolute Gasteiger partial charge is 0.338 e. The number of aromatic nitrogens is 1. The van der Waals surface area contributed by atoms with Gasteiger partial charge in [0.05, 0.1) is 22.8 Å². The van der Waals surface area contributed by atoms with Gasteiger partial charge in [0.2, 0.25) is 0 Å². The van der Waals surface area contributed by atoms with E-state index in [1.807, 2.05) is 17.0 Å². The molecule has 0 atom stereocenters. The van der Waals surface area contributed by atoms with Crippen molar-refractivity contribution in [3.8, 4) is 5.75 Å². The number of hydrogen-bond acceptors (Lipinski definition) is 7. The molecule has 0 unspecified atom stereocenters. The molecule has 0 amide bonds. The minimum atomic E-state index is -0.448. The Kier molecular flexibility index (Phi) is 6.17. The molecule has 0 aliphatic heterocycles. The van der Waals surface area contributed by atoms with Crippen molar-refractivity contribution in [2.75, 3.05) is 11.5 Å². The van der Waals surface area contributed by atoms with Gasteiger partial charge in [-0.15, -0.1) is 0 Å². The average Bonchev–Trinajstić information content (AvgIpc) is 2.84. The van der Waals surface area contributed by atoms with E-state index < -0.39 is 10.9 Å². The number of carbonyl (C=O) groups is 1. The summed E-state index contributed by atoms with van der Waals surface area (Å²) < 4.78 is 5.05. The van der Waals surface area contributed by atoms with E-state index in [0.717, 1.165) is 10.9 Å². The van der Waals surface area contributed by atoms with Crippen molar-refractivity contribution in [2.24, 2.45) is 0 Å². The first-order valence-corrected chi connectivity index (χ1v) is 10.3. The van der Waals surface area contributed by atoms with Gasteiger partial charge in [-0.05, 0) is 48.9 Å². The van der Waals surface area contributed by atoms with Crippen LogP contribution in [0, 0.1) is 10.1 Å². The number of anilines is 2. The number of non-ortho nitro benzene ring substituents is 1. The number of nitro benzene ring substituents is 1. The van der Waals surface area contributed by atoms with Crippen molar-refractivity contribution in [3.63, 3.8) is 0 Å². The molecule has 0 bridgehead atoms. The maximum absolute atomic E-state index is 12.0. The van der Waals surface area contributed by atoms with Crippen LogP contribution in [0.2, 0.25) is 0 Å². The molecule has 0 spiro atoms. The van der Waals surface area contributed by atoms with Crippen molar-refractivity contribution in [1.29, 1.82) is 0 Å². The average molecular weight is 443 g/mol. The van der Waals surface area contributed by atoms with Crippen molar-refractivity contribution >= 4 is 33.9 Å². The number of carbonyl (C=O) groups excluding carboxylic acids is 1. The number of benzene rings is 3. The third-order valence-electron chi connectivity index (χ3n) is 5.20. The largest absolute Gasteiger partial charge is 0.504 e. The van der Waals surface area contributed by atoms with Crippen LogP contribution in [0.15, 0.2) is 79.0 Å². The summed E-state index contributed by atoms with van der Waals surface area (Å²) in [6, 6.07) is 20.4. The summed E-state index contributed by atoms with van der Waals surface area (Å²) in [6.45, 7) is 2.35. The molecule has 33 heavy (non-hydrogen) atoms. The van der Waals surface area contributed by atoms with E-state index in [1.165, 1.54) is 12.1 Å². The van der Waals surface area contributed by atoms with E-state index in [4.69, 9.17) is 4.74 Å². The number of nitrogens with zero attached hydrogens (tertiary/aromatic N) is 3. The van der Waals surface area contributed by atoms with Gasteiger partial charge in [0, 0.05) is 35.9 Å². The number of hydrogen-bond donors (Lipinski definition) is 1. The van der Waals surface area contributed by atoms with Crippen LogP contribution in [0.4, 0.5) is 17.1 Å². The first-order valence-electron chi connectivity index (χ1n) is 10.3. The summed E-state index contributed by atoms with van der Waals surface area (Å²) in [7, 11) is 0. The summed E-state index contributed by atoms with van der Waals surface area (Å²) in [6.07, 6.45) is 1.61. The fourth-order valence-corrected chi connectivity index (χ4v) is 3.55. The molecule has 0 radical (unpaired) electrons. The van der Waals surface area contributed by atoms with Gasteiger partial charge in [0.25, 0.3) is 5.69 Å². The SMILES string of the molecule is CCOC(=O)c1ccc(N(Cc2ccc([N+](=O)[O-])cc2)c2ccc3cccnc3c2O)cc1. The van der Waals surface area contributed by atoms with Crippen LogP contribution < -0.4 is 4.90 Å². The predicted octanol–water partition coefficient (Wildman–Crippen LogP) is 5.36. The number of esters is 1. The normalized spacial score (nSPS) is 10.7. The maximum Gasteiger partial charge on any atom is 0.338 e. The van der Waals surface area contributed by atoms with Crippen LogP contribution in [-0.2, 0) is 11.3 Å². The molecule has 4 aromatic rings. The number of phenols is 1. The van der Waals surface area contributed by atoms with Crippen LogP contribution >= 0.6 is 0 Å². The monoisotopic (exact) mass is 443 g/mol. The molecule has 0 saturated carbocycles. The Hall–Kier alpha value is -4.46. The Morgan fingerprint density at radius 2 is 1.79 bits per heavy atom. The molecule has 0 fully saturated rings. The summed E-state index contributed by atoms with van der Waals surface area (Å²) in [5.41, 5.74) is 2.92. The Labute approximate surface area is 189 Å². The first-order chi connectivity index (χ1) is 16.0. The summed E-state index contributed by atoms with van der Waals surface area (Å²) in [5, 5.41) is 22.8. The van der Waals surface area contributed by atoms with Gasteiger partial charge in [-0.2, -0.15) is 0 Å². The Bertz CT molecular complexity index is 1300. The highest BCUT2D eigenvalue weighted by atomic mass is 16.6. The zero-order valence-electron chi connectivity index (χ0n) is 17.8. The van der Waals surface area contributed by atoms with Crippen LogP contribution in [0.1, 0.15) is 22.8 Å². The topological polar surface area (TPSA) is 106 Å². The number of nitro groups is 1. The van der Waals surface area contributed by atoms with Gasteiger partial charge in [-0.1, -0.05) is 24.3 Å². The van der Waals surface area contributed by atoms with Crippen LogP contribution in [-0.4, -0.2) is 27.6 Å². The highest BCUT2D eigenvalue weighted by molar-refractivity contribution is 5.92. The standard InChI is InChI=1S/C25H21N3O5/c1-2-33-25(30)19-7-12-20(13-8-19)27(16-17-5-10-21(11-6-17)28(31)32)22-14-9-18-4-3-15-26-23(18)24(22)29/h3-15,29H,2,16H2,1H3. The predicted molar refractivity (Wildman–Crippen MR) is 125 cm³/mol. The third-order valence-corrected chi connectivity index (χ3v) is 5.20. The second kappa shape index (κ2) is 9.35. The molecule has 3 aromatic carbocycles. The summed E-state index contributed by atoms with van der Waals surface area (Å²) in [5.74, 6) is -0.395. The molecule has 1 aromatic heterocycles. The van der Waals surface area contributed by atoms with Crippen molar-refractivity contribution < 1.29 is 19.6 Å². The van der Waals surface area contributed by atoms with E-state index in [9.17, 15) is 20.0 Å². The highest BCUT2D eigenvalue weighted by Crippen LogP contribution is 2.38. The van der Waals surface area contributed by atoms with Gasteiger partial charge in [-0.25, -0.2) is 4.79 Å². The van der Waals surface area contributed by atoms with Gasteiger partial charge in [0.1, 0.15) is 5.52 Å². The molecular formula is C25H21N3O5. The fraction of sp³-hybridized carbons (Fsp3) is 0.120. The molecule has 8 nitrogen and oxygen atoms in total. The fourth-order valence-electron chi connectivity index (χ4n) is 3.55. The van der Waals surface area contributed by atoms with E-state index in [-0.39, 0.29) is 18.0 Å². The molecule has 1 heterocycles. The molecule has 8 heteroatoms. The number of pyridine rings is 1. The summed E-state index contributed by atoms with van der Waals surface area (Å²) in [4.78, 5) is 28.7. The first kappa shape index (κ1) is 21.8. The zero-order chi connectivity index (χ0) is 23.4.